The van der Waals surface area contributed by atoms with Crippen molar-refractivity contribution < 1.29 is 9.53 Å². The summed E-state index contributed by atoms with van der Waals surface area (Å²) in [7, 11) is 6.04. The molecule has 0 N–H and O–H groups in total. The normalized spacial score (nSPS) is 25.8. The zero-order valence-corrected chi connectivity index (χ0v) is 16.0. The molecular weight excluding hydrogens is 316 g/mol. The molecule has 2 aliphatic rings. The van der Waals surface area contributed by atoms with Crippen molar-refractivity contribution in [3.05, 3.63) is 18.0 Å². The summed E-state index contributed by atoms with van der Waals surface area (Å²) < 4.78 is 7.62. The van der Waals surface area contributed by atoms with Gasteiger partial charge in [0, 0.05) is 38.4 Å². The summed E-state index contributed by atoms with van der Waals surface area (Å²) in [5.74, 6) is 1.20. The lowest BCUT2D eigenvalue weighted by atomic mass is 9.85. The Morgan fingerprint density at radius 3 is 2.80 bits per heavy atom. The van der Waals surface area contributed by atoms with Crippen molar-refractivity contribution >= 4 is 5.91 Å². The molecule has 6 nitrogen and oxygen atoms in total. The Labute approximate surface area is 151 Å². The van der Waals surface area contributed by atoms with Gasteiger partial charge in [0.1, 0.15) is 6.10 Å². The van der Waals surface area contributed by atoms with E-state index in [4.69, 9.17) is 4.74 Å². The molecule has 2 heterocycles. The van der Waals surface area contributed by atoms with Crippen molar-refractivity contribution in [1.82, 2.24) is 19.6 Å². The van der Waals surface area contributed by atoms with Gasteiger partial charge in [0.2, 0.25) is 0 Å². The third kappa shape index (κ3) is 4.61. The number of aryl methyl sites for hydroxylation is 1. The first-order valence-corrected chi connectivity index (χ1v) is 9.51. The Hall–Kier alpha value is -1.40. The van der Waals surface area contributed by atoms with E-state index in [2.05, 4.69) is 23.2 Å². The minimum absolute atomic E-state index is 0.0961. The number of hydrogen-bond acceptors (Lipinski definition) is 4. The van der Waals surface area contributed by atoms with Crippen LogP contribution in [0.1, 0.15) is 44.2 Å². The topological polar surface area (TPSA) is 50.6 Å². The van der Waals surface area contributed by atoms with Crippen LogP contribution in [0, 0.1) is 11.8 Å². The number of hydrogen-bond donors (Lipinski definition) is 0. The Morgan fingerprint density at radius 1 is 1.40 bits per heavy atom. The number of rotatable bonds is 7. The second-order valence-corrected chi connectivity index (χ2v) is 7.91. The molecule has 0 radical (unpaired) electrons. The third-order valence-corrected chi connectivity index (χ3v) is 5.58. The van der Waals surface area contributed by atoms with Gasteiger partial charge in [-0.2, -0.15) is 5.10 Å². The van der Waals surface area contributed by atoms with E-state index in [9.17, 15) is 4.79 Å². The van der Waals surface area contributed by atoms with E-state index in [-0.39, 0.29) is 12.0 Å². The number of likely N-dealkylation sites (tertiary alicyclic amines) is 1. The highest BCUT2D eigenvalue weighted by molar-refractivity contribution is 5.80. The number of amides is 1. The fourth-order valence-electron chi connectivity index (χ4n) is 3.96. The predicted molar refractivity (Wildman–Crippen MR) is 97.1 cm³/mol. The summed E-state index contributed by atoms with van der Waals surface area (Å²) in [5, 5.41) is 4.34. The number of nitrogens with zero attached hydrogens (tertiary/aromatic N) is 4. The summed E-state index contributed by atoms with van der Waals surface area (Å²) >= 11 is 0. The molecule has 1 aromatic heterocycles. The minimum atomic E-state index is -0.344. The van der Waals surface area contributed by atoms with Crippen LogP contribution in [0.25, 0.3) is 0 Å². The molecular formula is C19H32N4O2. The van der Waals surface area contributed by atoms with Crippen molar-refractivity contribution in [2.24, 2.45) is 18.9 Å². The highest BCUT2D eigenvalue weighted by atomic mass is 16.5. The molecule has 1 aliphatic heterocycles. The molecule has 1 aliphatic carbocycles. The lowest BCUT2D eigenvalue weighted by Crippen LogP contribution is -2.44. The van der Waals surface area contributed by atoms with Crippen LogP contribution in [0.15, 0.2) is 12.4 Å². The molecule has 0 aromatic carbocycles. The Balaban J connectivity index is 1.60. The number of likely N-dealkylation sites (N-methyl/N-ethyl adjacent to an activating group) is 1. The first-order valence-electron chi connectivity index (χ1n) is 9.51. The van der Waals surface area contributed by atoms with Gasteiger partial charge < -0.3 is 9.64 Å². The first-order chi connectivity index (χ1) is 12.0. The maximum atomic E-state index is 12.6. The van der Waals surface area contributed by atoms with E-state index < -0.39 is 0 Å². The van der Waals surface area contributed by atoms with Crippen molar-refractivity contribution in [3.63, 3.8) is 0 Å². The van der Waals surface area contributed by atoms with E-state index in [0.29, 0.717) is 17.9 Å². The smallest absolute Gasteiger partial charge is 0.251 e. The average Bonchev–Trinajstić information content (AvgIpc) is 3.32. The lowest BCUT2D eigenvalue weighted by Gasteiger charge is -2.40. The molecule has 2 fully saturated rings. The van der Waals surface area contributed by atoms with E-state index in [1.807, 2.05) is 36.8 Å². The predicted octanol–water partition coefficient (Wildman–Crippen LogP) is 2.08. The van der Waals surface area contributed by atoms with Gasteiger partial charge in [-0.05, 0) is 58.0 Å². The fraction of sp³-hybridized carbons (Fsp3) is 0.789. The van der Waals surface area contributed by atoms with Crippen LogP contribution in [0.3, 0.4) is 0 Å². The van der Waals surface area contributed by atoms with Gasteiger partial charge in [-0.15, -0.1) is 0 Å². The van der Waals surface area contributed by atoms with Crippen LogP contribution in [-0.4, -0.2) is 65.4 Å². The van der Waals surface area contributed by atoms with Gasteiger partial charge in [-0.3, -0.25) is 14.4 Å². The summed E-state index contributed by atoms with van der Waals surface area (Å²) in [6.45, 7) is 4.46. The van der Waals surface area contributed by atoms with Crippen molar-refractivity contribution in [2.75, 3.05) is 33.8 Å². The maximum Gasteiger partial charge on any atom is 0.251 e. The number of carbonyl (C=O) groups is 1. The van der Waals surface area contributed by atoms with Gasteiger partial charge in [-0.1, -0.05) is 0 Å². The molecule has 3 atom stereocenters. The SMILES string of the molecule is C[C@H](OCC1CC1)C(=O)N(C)C[C@@H]1CCCN(C)[C@H]1c1cnn(C)c1. The molecule has 1 saturated heterocycles. The second kappa shape index (κ2) is 7.87. The third-order valence-electron chi connectivity index (χ3n) is 5.58. The zero-order valence-electron chi connectivity index (χ0n) is 16.0. The van der Waals surface area contributed by atoms with Gasteiger partial charge in [0.05, 0.1) is 12.8 Å². The zero-order chi connectivity index (χ0) is 18.0. The highest BCUT2D eigenvalue weighted by Crippen LogP contribution is 2.35. The quantitative estimate of drug-likeness (QED) is 0.757. The van der Waals surface area contributed by atoms with Gasteiger partial charge in [-0.25, -0.2) is 0 Å². The summed E-state index contributed by atoms with van der Waals surface area (Å²) in [6.07, 6.45) is 8.53. The fourth-order valence-corrected chi connectivity index (χ4v) is 3.96. The van der Waals surface area contributed by atoms with Gasteiger partial charge in [0.25, 0.3) is 5.91 Å². The van der Waals surface area contributed by atoms with Crippen molar-refractivity contribution in [1.29, 1.82) is 0 Å². The summed E-state index contributed by atoms with van der Waals surface area (Å²) in [6, 6.07) is 0.320. The van der Waals surface area contributed by atoms with E-state index >= 15 is 0 Å². The monoisotopic (exact) mass is 348 g/mol. The van der Waals surface area contributed by atoms with Crippen LogP contribution in [0.5, 0.6) is 0 Å². The van der Waals surface area contributed by atoms with Crippen LogP contribution in [-0.2, 0) is 16.6 Å². The molecule has 6 heteroatoms. The first kappa shape index (κ1) is 18.4. The van der Waals surface area contributed by atoms with Gasteiger partial charge in [0.15, 0.2) is 0 Å². The summed E-state index contributed by atoms with van der Waals surface area (Å²) in [5.41, 5.74) is 1.24. The highest BCUT2D eigenvalue weighted by Gasteiger charge is 2.33. The standard InChI is InChI=1S/C19H32N4O2/c1-14(25-13-15-7-8-15)19(24)22(3)11-16-6-5-9-21(2)18(16)17-10-20-23(4)12-17/h10,12,14-16,18H,5-9,11,13H2,1-4H3/t14-,16-,18+/m0/s1. The molecule has 0 unspecified atom stereocenters. The largest absolute Gasteiger partial charge is 0.368 e. The minimum Gasteiger partial charge on any atom is -0.368 e. The van der Waals surface area contributed by atoms with Crippen LogP contribution in [0.2, 0.25) is 0 Å². The molecule has 0 bridgehead atoms. The van der Waals surface area contributed by atoms with Crippen LogP contribution >= 0.6 is 0 Å². The number of piperidine rings is 1. The Bertz CT molecular complexity index is 584. The van der Waals surface area contributed by atoms with Crippen molar-refractivity contribution in [2.45, 2.75) is 44.8 Å². The van der Waals surface area contributed by atoms with E-state index in [1.165, 1.54) is 24.8 Å². The summed E-state index contributed by atoms with van der Waals surface area (Å²) in [4.78, 5) is 16.9. The van der Waals surface area contributed by atoms with Crippen LogP contribution < -0.4 is 0 Å². The Kier molecular flexibility index (Phi) is 5.79. The number of ether oxygens (including phenoxy) is 1. The molecule has 0 spiro atoms. The molecule has 1 saturated carbocycles. The lowest BCUT2D eigenvalue weighted by molar-refractivity contribution is -0.142. The number of aromatic nitrogens is 2. The molecule has 3 rings (SSSR count). The van der Waals surface area contributed by atoms with Gasteiger partial charge >= 0.3 is 0 Å². The number of carbonyl (C=O) groups excluding carboxylic acids is 1. The average molecular weight is 348 g/mol. The second-order valence-electron chi connectivity index (χ2n) is 7.91. The van der Waals surface area contributed by atoms with Crippen LogP contribution in [0.4, 0.5) is 0 Å². The maximum absolute atomic E-state index is 12.6. The van der Waals surface area contributed by atoms with E-state index in [1.54, 1.807) is 0 Å². The molecule has 1 amide bonds. The molecule has 140 valence electrons. The van der Waals surface area contributed by atoms with E-state index in [0.717, 1.165) is 26.1 Å². The molecule has 25 heavy (non-hydrogen) atoms. The molecule has 1 aromatic rings. The van der Waals surface area contributed by atoms with Crippen molar-refractivity contribution in [3.8, 4) is 0 Å². The Morgan fingerprint density at radius 2 is 2.16 bits per heavy atom.